The van der Waals surface area contributed by atoms with Crippen LogP contribution in [0.25, 0.3) is 5.57 Å². The predicted octanol–water partition coefficient (Wildman–Crippen LogP) is 3.80. The topological polar surface area (TPSA) is 37.3 Å². The second kappa shape index (κ2) is 4.74. The van der Waals surface area contributed by atoms with Gasteiger partial charge in [-0.15, -0.1) is 0 Å². The lowest BCUT2D eigenvalue weighted by Crippen LogP contribution is -2.07. The Hall–Kier alpha value is -1.57. The van der Waals surface area contributed by atoms with Gasteiger partial charge in [0.25, 0.3) is 0 Å². The van der Waals surface area contributed by atoms with Crippen LogP contribution in [-0.2, 0) is 4.79 Å². The molecule has 0 aliphatic heterocycles. The van der Waals surface area contributed by atoms with Crippen LogP contribution in [0, 0.1) is 27.7 Å². The first-order valence-electron chi connectivity index (χ1n) is 5.76. The summed E-state index contributed by atoms with van der Waals surface area (Å²) in [5.41, 5.74) is 6.57. The van der Waals surface area contributed by atoms with E-state index in [0.717, 1.165) is 33.4 Å². The number of carboxylic acid groups (broad SMARTS) is 1. The summed E-state index contributed by atoms with van der Waals surface area (Å²) in [6.07, 6.45) is 0. The third-order valence-electron chi connectivity index (χ3n) is 3.33. The van der Waals surface area contributed by atoms with Gasteiger partial charge in [0, 0.05) is 0 Å². The number of benzene rings is 1. The van der Waals surface area contributed by atoms with Gasteiger partial charge in [0.05, 0.1) is 5.57 Å². The standard InChI is InChI=1S/C15H20O2/c1-8(2)13(15(16)17)14-11(5)9(3)7-10(4)12(14)6/h7H,1-6H3,(H,16,17). The lowest BCUT2D eigenvalue weighted by molar-refractivity contribution is -0.130. The van der Waals surface area contributed by atoms with Gasteiger partial charge in [0.1, 0.15) is 0 Å². The van der Waals surface area contributed by atoms with E-state index < -0.39 is 5.97 Å². The third-order valence-corrected chi connectivity index (χ3v) is 3.33. The van der Waals surface area contributed by atoms with Crippen molar-refractivity contribution < 1.29 is 9.90 Å². The first-order valence-corrected chi connectivity index (χ1v) is 5.76. The van der Waals surface area contributed by atoms with E-state index in [9.17, 15) is 9.90 Å². The predicted molar refractivity (Wildman–Crippen MR) is 71.3 cm³/mol. The van der Waals surface area contributed by atoms with Crippen molar-refractivity contribution >= 4 is 11.5 Å². The smallest absolute Gasteiger partial charge is 0.336 e. The fourth-order valence-corrected chi connectivity index (χ4v) is 2.16. The molecule has 1 N–H and O–H groups in total. The van der Waals surface area contributed by atoms with Gasteiger partial charge < -0.3 is 5.11 Å². The number of aliphatic carboxylic acids is 1. The quantitative estimate of drug-likeness (QED) is 0.787. The van der Waals surface area contributed by atoms with Gasteiger partial charge in [-0.25, -0.2) is 4.79 Å². The molecule has 0 spiro atoms. The first kappa shape index (κ1) is 13.5. The third kappa shape index (κ3) is 2.41. The molecule has 0 amide bonds. The van der Waals surface area contributed by atoms with E-state index in [0.29, 0.717) is 5.57 Å². The average molecular weight is 232 g/mol. The Balaban J connectivity index is 3.72. The van der Waals surface area contributed by atoms with E-state index in [1.807, 2.05) is 41.5 Å². The van der Waals surface area contributed by atoms with Crippen molar-refractivity contribution in [3.05, 3.63) is 39.5 Å². The molecule has 0 radical (unpaired) electrons. The van der Waals surface area contributed by atoms with Crippen LogP contribution in [0.5, 0.6) is 0 Å². The van der Waals surface area contributed by atoms with Crippen LogP contribution in [0.15, 0.2) is 11.6 Å². The molecular formula is C15H20O2. The number of carbonyl (C=O) groups is 1. The summed E-state index contributed by atoms with van der Waals surface area (Å²) in [5, 5.41) is 9.37. The highest BCUT2D eigenvalue weighted by atomic mass is 16.4. The normalized spacial score (nSPS) is 10.2. The van der Waals surface area contributed by atoms with Crippen molar-refractivity contribution in [3.8, 4) is 0 Å². The van der Waals surface area contributed by atoms with E-state index in [2.05, 4.69) is 6.07 Å². The number of hydrogen-bond donors (Lipinski definition) is 1. The van der Waals surface area contributed by atoms with Gasteiger partial charge in [-0.3, -0.25) is 0 Å². The van der Waals surface area contributed by atoms with E-state index in [4.69, 9.17) is 0 Å². The summed E-state index contributed by atoms with van der Waals surface area (Å²) in [6.45, 7) is 11.7. The summed E-state index contributed by atoms with van der Waals surface area (Å²) >= 11 is 0. The molecule has 1 aromatic carbocycles. The molecule has 0 fully saturated rings. The molecule has 0 aliphatic carbocycles. The van der Waals surface area contributed by atoms with E-state index in [-0.39, 0.29) is 0 Å². The maximum Gasteiger partial charge on any atom is 0.336 e. The van der Waals surface area contributed by atoms with Crippen LogP contribution >= 0.6 is 0 Å². The minimum absolute atomic E-state index is 0.437. The molecule has 0 unspecified atom stereocenters. The molecule has 0 saturated heterocycles. The summed E-state index contributed by atoms with van der Waals surface area (Å²) in [7, 11) is 0. The highest BCUT2D eigenvalue weighted by Crippen LogP contribution is 2.30. The van der Waals surface area contributed by atoms with Crippen LogP contribution in [0.4, 0.5) is 0 Å². The van der Waals surface area contributed by atoms with Gasteiger partial charge in [-0.05, 0) is 69.4 Å². The van der Waals surface area contributed by atoms with Crippen molar-refractivity contribution in [2.75, 3.05) is 0 Å². The molecule has 92 valence electrons. The molecular weight excluding hydrogens is 212 g/mol. The number of allylic oxidation sites excluding steroid dienone is 1. The number of aryl methyl sites for hydroxylation is 2. The molecule has 1 rings (SSSR count). The molecule has 0 bridgehead atoms. The molecule has 1 aromatic rings. The monoisotopic (exact) mass is 232 g/mol. The van der Waals surface area contributed by atoms with Crippen molar-refractivity contribution in [3.63, 3.8) is 0 Å². The van der Waals surface area contributed by atoms with Crippen LogP contribution in [-0.4, -0.2) is 11.1 Å². The molecule has 2 nitrogen and oxygen atoms in total. The van der Waals surface area contributed by atoms with Gasteiger partial charge in [-0.2, -0.15) is 0 Å². The zero-order chi connectivity index (χ0) is 13.3. The second-order valence-corrected chi connectivity index (χ2v) is 4.82. The Bertz CT molecular complexity index is 478. The first-order chi connectivity index (χ1) is 7.77. The maximum absolute atomic E-state index is 11.4. The van der Waals surface area contributed by atoms with Crippen LogP contribution in [0.2, 0.25) is 0 Å². The van der Waals surface area contributed by atoms with E-state index in [1.54, 1.807) is 0 Å². The molecule has 0 aliphatic rings. The number of carboxylic acids is 1. The molecule has 0 heterocycles. The summed E-state index contributed by atoms with van der Waals surface area (Å²) < 4.78 is 0. The Labute approximate surface area is 103 Å². The Morgan fingerprint density at radius 2 is 1.41 bits per heavy atom. The number of hydrogen-bond acceptors (Lipinski definition) is 1. The Morgan fingerprint density at radius 3 is 1.71 bits per heavy atom. The van der Waals surface area contributed by atoms with Crippen LogP contribution in [0.3, 0.4) is 0 Å². The zero-order valence-corrected chi connectivity index (χ0v) is 11.4. The van der Waals surface area contributed by atoms with Crippen LogP contribution in [0.1, 0.15) is 41.7 Å². The van der Waals surface area contributed by atoms with E-state index >= 15 is 0 Å². The SMILES string of the molecule is CC(C)=C(C(=O)O)c1c(C)c(C)cc(C)c1C. The molecule has 0 aromatic heterocycles. The molecule has 2 heteroatoms. The summed E-state index contributed by atoms with van der Waals surface area (Å²) in [4.78, 5) is 11.4. The minimum atomic E-state index is -0.846. The van der Waals surface area contributed by atoms with Gasteiger partial charge in [-0.1, -0.05) is 11.6 Å². The van der Waals surface area contributed by atoms with Crippen molar-refractivity contribution in [2.24, 2.45) is 0 Å². The van der Waals surface area contributed by atoms with Gasteiger partial charge in [0.2, 0.25) is 0 Å². The van der Waals surface area contributed by atoms with Gasteiger partial charge >= 0.3 is 5.97 Å². The van der Waals surface area contributed by atoms with Gasteiger partial charge in [0.15, 0.2) is 0 Å². The lowest BCUT2D eigenvalue weighted by atomic mass is 9.88. The fourth-order valence-electron chi connectivity index (χ4n) is 2.16. The van der Waals surface area contributed by atoms with E-state index in [1.165, 1.54) is 0 Å². The lowest BCUT2D eigenvalue weighted by Gasteiger charge is -2.17. The van der Waals surface area contributed by atoms with Crippen LogP contribution < -0.4 is 0 Å². The fraction of sp³-hybridized carbons (Fsp3) is 0.400. The minimum Gasteiger partial charge on any atom is -0.478 e. The van der Waals surface area contributed by atoms with Crippen molar-refractivity contribution in [1.29, 1.82) is 0 Å². The molecule has 0 saturated carbocycles. The zero-order valence-electron chi connectivity index (χ0n) is 11.4. The molecule has 0 atom stereocenters. The Kier molecular flexibility index (Phi) is 3.76. The summed E-state index contributed by atoms with van der Waals surface area (Å²) in [6, 6.07) is 2.11. The van der Waals surface area contributed by atoms with Crippen molar-refractivity contribution in [1.82, 2.24) is 0 Å². The average Bonchev–Trinajstić information content (AvgIpc) is 2.20. The molecule has 17 heavy (non-hydrogen) atoms. The number of rotatable bonds is 2. The van der Waals surface area contributed by atoms with Crippen molar-refractivity contribution in [2.45, 2.75) is 41.5 Å². The summed E-state index contributed by atoms with van der Waals surface area (Å²) in [5.74, 6) is -0.846. The highest BCUT2D eigenvalue weighted by Gasteiger charge is 2.19. The largest absolute Gasteiger partial charge is 0.478 e. The highest BCUT2D eigenvalue weighted by molar-refractivity contribution is 6.17. The maximum atomic E-state index is 11.4. The Morgan fingerprint density at radius 1 is 1.00 bits per heavy atom. The second-order valence-electron chi connectivity index (χ2n) is 4.82.